The number of nitrogens with zero attached hydrogens (tertiary/aromatic N) is 2. The van der Waals surface area contributed by atoms with Crippen LogP contribution in [0.2, 0.25) is 0 Å². The third-order valence-corrected chi connectivity index (χ3v) is 3.80. The van der Waals surface area contributed by atoms with E-state index in [2.05, 4.69) is 5.16 Å². The first kappa shape index (κ1) is 16.6. The molecule has 0 radical (unpaired) electrons. The maximum atomic E-state index is 13.0. The number of halogens is 1. The van der Waals surface area contributed by atoms with Crippen molar-refractivity contribution in [3.63, 3.8) is 0 Å². The van der Waals surface area contributed by atoms with E-state index in [1.807, 2.05) is 0 Å². The summed E-state index contributed by atoms with van der Waals surface area (Å²) in [6.45, 7) is 3.60. The first-order valence-corrected chi connectivity index (χ1v) is 7.54. The van der Waals surface area contributed by atoms with Gasteiger partial charge in [0.1, 0.15) is 18.1 Å². The average molecular weight is 342 g/mol. The standard InChI is InChI=1S/C18H15FN2O4/c1-11-3-8-17(16(9-11)21(22)23)24-10-15-12(2)18(25-20-15)13-4-6-14(19)7-5-13/h3-9H,10H2,1-2H3. The number of benzene rings is 2. The fourth-order valence-electron chi connectivity index (χ4n) is 2.41. The molecule has 0 aliphatic rings. The van der Waals surface area contributed by atoms with Crippen LogP contribution in [0, 0.1) is 29.8 Å². The van der Waals surface area contributed by atoms with Crippen molar-refractivity contribution in [2.75, 3.05) is 0 Å². The highest BCUT2D eigenvalue weighted by molar-refractivity contribution is 5.61. The molecule has 0 saturated carbocycles. The molecule has 3 aromatic rings. The first-order valence-electron chi connectivity index (χ1n) is 7.54. The second-order valence-electron chi connectivity index (χ2n) is 5.61. The van der Waals surface area contributed by atoms with Gasteiger partial charge in [0.25, 0.3) is 0 Å². The molecule has 0 saturated heterocycles. The highest BCUT2D eigenvalue weighted by Gasteiger charge is 2.18. The Hall–Kier alpha value is -3.22. The summed E-state index contributed by atoms with van der Waals surface area (Å²) < 4.78 is 23.9. The highest BCUT2D eigenvalue weighted by atomic mass is 19.1. The zero-order chi connectivity index (χ0) is 18.0. The van der Waals surface area contributed by atoms with Gasteiger partial charge in [-0.05, 0) is 49.7 Å². The van der Waals surface area contributed by atoms with Gasteiger partial charge in [-0.15, -0.1) is 0 Å². The van der Waals surface area contributed by atoms with Crippen molar-refractivity contribution in [1.82, 2.24) is 5.16 Å². The number of nitro groups is 1. The Labute approximate surface area is 143 Å². The minimum Gasteiger partial charge on any atom is -0.480 e. The van der Waals surface area contributed by atoms with Gasteiger partial charge >= 0.3 is 5.69 Å². The van der Waals surface area contributed by atoms with Gasteiger partial charge in [-0.25, -0.2) is 4.39 Å². The number of hydrogen-bond donors (Lipinski definition) is 0. The van der Waals surface area contributed by atoms with Crippen molar-refractivity contribution in [2.45, 2.75) is 20.5 Å². The summed E-state index contributed by atoms with van der Waals surface area (Å²) in [7, 11) is 0. The average Bonchev–Trinajstić information content (AvgIpc) is 2.95. The lowest BCUT2D eigenvalue weighted by atomic mass is 10.1. The number of ether oxygens (including phenoxy) is 1. The largest absolute Gasteiger partial charge is 0.480 e. The van der Waals surface area contributed by atoms with E-state index >= 15 is 0 Å². The molecular weight excluding hydrogens is 327 g/mol. The molecule has 0 atom stereocenters. The van der Waals surface area contributed by atoms with E-state index < -0.39 is 4.92 Å². The molecular formula is C18H15FN2O4. The molecule has 0 bridgehead atoms. The molecule has 128 valence electrons. The first-order chi connectivity index (χ1) is 12.0. The summed E-state index contributed by atoms with van der Waals surface area (Å²) in [6, 6.07) is 10.6. The van der Waals surface area contributed by atoms with Gasteiger partial charge in [-0.3, -0.25) is 10.1 Å². The van der Waals surface area contributed by atoms with Crippen LogP contribution in [0.3, 0.4) is 0 Å². The maximum Gasteiger partial charge on any atom is 0.311 e. The Morgan fingerprint density at radius 2 is 1.92 bits per heavy atom. The van der Waals surface area contributed by atoms with Crippen molar-refractivity contribution in [3.05, 3.63) is 75.2 Å². The van der Waals surface area contributed by atoms with Crippen molar-refractivity contribution in [1.29, 1.82) is 0 Å². The Morgan fingerprint density at radius 3 is 2.60 bits per heavy atom. The lowest BCUT2D eigenvalue weighted by Gasteiger charge is -2.06. The Balaban J connectivity index is 1.81. The molecule has 7 heteroatoms. The molecule has 0 N–H and O–H groups in total. The molecule has 0 spiro atoms. The van der Waals surface area contributed by atoms with Crippen LogP contribution in [0.1, 0.15) is 16.8 Å². The van der Waals surface area contributed by atoms with E-state index in [0.717, 1.165) is 11.1 Å². The fraction of sp³-hybridized carbons (Fsp3) is 0.167. The van der Waals surface area contributed by atoms with E-state index in [4.69, 9.17) is 9.26 Å². The summed E-state index contributed by atoms with van der Waals surface area (Å²) >= 11 is 0. The summed E-state index contributed by atoms with van der Waals surface area (Å²) in [6.07, 6.45) is 0. The molecule has 0 aliphatic carbocycles. The summed E-state index contributed by atoms with van der Waals surface area (Å²) in [4.78, 5) is 10.6. The third kappa shape index (κ3) is 3.50. The number of hydrogen-bond acceptors (Lipinski definition) is 5. The van der Waals surface area contributed by atoms with Crippen LogP contribution in [-0.4, -0.2) is 10.1 Å². The van der Waals surface area contributed by atoms with Crippen LogP contribution < -0.4 is 4.74 Å². The molecule has 1 aromatic heterocycles. The van der Waals surface area contributed by atoms with Gasteiger partial charge in [0.05, 0.1) is 4.92 Å². The molecule has 0 amide bonds. The fourth-order valence-corrected chi connectivity index (χ4v) is 2.41. The third-order valence-electron chi connectivity index (χ3n) is 3.80. The number of rotatable bonds is 5. The molecule has 25 heavy (non-hydrogen) atoms. The quantitative estimate of drug-likeness (QED) is 0.501. The van der Waals surface area contributed by atoms with E-state index in [0.29, 0.717) is 17.0 Å². The van der Waals surface area contributed by atoms with Crippen LogP contribution in [0.25, 0.3) is 11.3 Å². The summed E-state index contributed by atoms with van der Waals surface area (Å²) in [5, 5.41) is 15.1. The zero-order valence-electron chi connectivity index (χ0n) is 13.7. The molecule has 6 nitrogen and oxygen atoms in total. The second kappa shape index (κ2) is 6.72. The monoisotopic (exact) mass is 342 g/mol. The van der Waals surface area contributed by atoms with Crippen LogP contribution >= 0.6 is 0 Å². The highest BCUT2D eigenvalue weighted by Crippen LogP contribution is 2.30. The summed E-state index contributed by atoms with van der Waals surface area (Å²) in [5.74, 6) is 0.342. The SMILES string of the molecule is Cc1ccc(OCc2noc(-c3ccc(F)cc3)c2C)c([N+](=O)[O-])c1. The maximum absolute atomic E-state index is 13.0. The van der Waals surface area contributed by atoms with Gasteiger partial charge in [0.2, 0.25) is 0 Å². The number of nitro benzene ring substituents is 1. The van der Waals surface area contributed by atoms with E-state index in [1.165, 1.54) is 18.2 Å². The van der Waals surface area contributed by atoms with Crippen LogP contribution in [-0.2, 0) is 6.61 Å². The summed E-state index contributed by atoms with van der Waals surface area (Å²) in [5.41, 5.74) is 2.63. The minimum atomic E-state index is -0.484. The zero-order valence-corrected chi connectivity index (χ0v) is 13.7. The van der Waals surface area contributed by atoms with Gasteiger partial charge in [0.15, 0.2) is 11.5 Å². The van der Waals surface area contributed by atoms with Crippen LogP contribution in [0.15, 0.2) is 47.0 Å². The smallest absolute Gasteiger partial charge is 0.311 e. The lowest BCUT2D eigenvalue weighted by molar-refractivity contribution is -0.386. The van der Waals surface area contributed by atoms with Crippen molar-refractivity contribution >= 4 is 5.69 Å². The van der Waals surface area contributed by atoms with E-state index in [1.54, 1.807) is 38.1 Å². The molecule has 1 heterocycles. The van der Waals surface area contributed by atoms with Crippen LogP contribution in [0.4, 0.5) is 10.1 Å². The van der Waals surface area contributed by atoms with Crippen molar-refractivity contribution in [2.24, 2.45) is 0 Å². The normalized spacial score (nSPS) is 10.7. The molecule has 0 fully saturated rings. The molecule has 2 aromatic carbocycles. The Morgan fingerprint density at radius 1 is 1.20 bits per heavy atom. The topological polar surface area (TPSA) is 78.4 Å². The molecule has 3 rings (SSSR count). The predicted molar refractivity (Wildman–Crippen MR) is 88.8 cm³/mol. The number of aromatic nitrogens is 1. The lowest BCUT2D eigenvalue weighted by Crippen LogP contribution is -2.01. The van der Waals surface area contributed by atoms with E-state index in [-0.39, 0.29) is 23.9 Å². The Bertz CT molecular complexity index is 919. The van der Waals surface area contributed by atoms with Gasteiger partial charge in [-0.2, -0.15) is 0 Å². The second-order valence-corrected chi connectivity index (χ2v) is 5.61. The number of aryl methyl sites for hydroxylation is 1. The van der Waals surface area contributed by atoms with Crippen molar-refractivity contribution in [3.8, 4) is 17.1 Å². The minimum absolute atomic E-state index is 0.0282. The Kier molecular flexibility index (Phi) is 4.47. The van der Waals surface area contributed by atoms with Crippen molar-refractivity contribution < 1.29 is 18.6 Å². The van der Waals surface area contributed by atoms with E-state index in [9.17, 15) is 14.5 Å². The van der Waals surface area contributed by atoms with Gasteiger partial charge < -0.3 is 9.26 Å². The van der Waals surface area contributed by atoms with Gasteiger partial charge in [-0.1, -0.05) is 11.2 Å². The molecule has 0 aliphatic heterocycles. The molecule has 0 unspecified atom stereocenters. The van der Waals surface area contributed by atoms with Gasteiger partial charge in [0, 0.05) is 17.2 Å². The van der Waals surface area contributed by atoms with Crippen LogP contribution in [0.5, 0.6) is 5.75 Å². The predicted octanol–water partition coefficient (Wildman–Crippen LogP) is 4.58.